The van der Waals surface area contributed by atoms with E-state index in [4.69, 9.17) is 0 Å². The van der Waals surface area contributed by atoms with Gasteiger partial charge in [-0.2, -0.15) is 0 Å². The topological polar surface area (TPSA) is 66.4 Å². The number of hydrogen-bond acceptors (Lipinski definition) is 3. The van der Waals surface area contributed by atoms with E-state index in [9.17, 15) is 14.7 Å². The van der Waals surface area contributed by atoms with Gasteiger partial charge < -0.3 is 10.4 Å². The van der Waals surface area contributed by atoms with Gasteiger partial charge in [-0.1, -0.05) is 30.3 Å². The van der Waals surface area contributed by atoms with Crippen LogP contribution in [0.3, 0.4) is 0 Å². The van der Waals surface area contributed by atoms with E-state index in [0.29, 0.717) is 5.56 Å². The molecule has 0 heterocycles. The molecule has 2 N–H and O–H groups in total. The molecule has 0 atom stereocenters. The number of aliphatic hydroxyl groups is 1. The van der Waals surface area contributed by atoms with Gasteiger partial charge in [0.25, 0.3) is 0 Å². The van der Waals surface area contributed by atoms with Crippen molar-refractivity contribution in [1.29, 1.82) is 0 Å². The minimum absolute atomic E-state index is 0.000170. The van der Waals surface area contributed by atoms with Crippen LogP contribution in [0.1, 0.15) is 48.9 Å². The first-order chi connectivity index (χ1) is 9.65. The van der Waals surface area contributed by atoms with Crippen LogP contribution in [0.25, 0.3) is 0 Å². The van der Waals surface area contributed by atoms with Gasteiger partial charge >= 0.3 is 0 Å². The first kappa shape index (κ1) is 14.7. The fourth-order valence-corrected chi connectivity index (χ4v) is 2.52. The van der Waals surface area contributed by atoms with Crippen molar-refractivity contribution in [3.05, 3.63) is 35.9 Å². The second kappa shape index (κ2) is 7.20. The summed E-state index contributed by atoms with van der Waals surface area (Å²) in [6.45, 7) is 0. The normalized spacial score (nSPS) is 22.2. The fraction of sp³-hybridized carbons (Fsp3) is 0.500. The number of ketones is 1. The van der Waals surface area contributed by atoms with Gasteiger partial charge in [-0.05, 0) is 25.7 Å². The average Bonchev–Trinajstić information content (AvgIpc) is 2.48. The van der Waals surface area contributed by atoms with Crippen molar-refractivity contribution in [1.82, 2.24) is 5.32 Å². The zero-order valence-corrected chi connectivity index (χ0v) is 11.5. The maximum atomic E-state index is 11.9. The monoisotopic (exact) mass is 275 g/mol. The third-order valence-electron chi connectivity index (χ3n) is 3.74. The number of nitrogens with one attached hydrogen (secondary N) is 1. The SMILES string of the molecule is O=C(CCC(=O)c1ccccc1)NC1CCC(O)CC1. The van der Waals surface area contributed by atoms with Crippen molar-refractivity contribution in [2.75, 3.05) is 0 Å². The quantitative estimate of drug-likeness (QED) is 0.808. The van der Waals surface area contributed by atoms with Crippen LogP contribution < -0.4 is 5.32 Å². The number of Topliss-reactive ketones (excluding diaryl/α,β-unsaturated/α-hetero) is 1. The Kier molecular flexibility index (Phi) is 5.30. The number of rotatable bonds is 5. The summed E-state index contributed by atoms with van der Waals surface area (Å²) in [6, 6.07) is 9.19. The molecule has 0 saturated heterocycles. The van der Waals surface area contributed by atoms with E-state index >= 15 is 0 Å². The molecule has 1 amide bonds. The van der Waals surface area contributed by atoms with Crippen molar-refractivity contribution >= 4 is 11.7 Å². The Morgan fingerprint density at radius 2 is 1.70 bits per heavy atom. The first-order valence-electron chi connectivity index (χ1n) is 7.21. The lowest BCUT2D eigenvalue weighted by atomic mass is 9.93. The summed E-state index contributed by atoms with van der Waals surface area (Å²) in [5.74, 6) is -0.0736. The van der Waals surface area contributed by atoms with Gasteiger partial charge in [0, 0.05) is 24.4 Å². The van der Waals surface area contributed by atoms with E-state index in [1.807, 2.05) is 18.2 Å². The van der Waals surface area contributed by atoms with Crippen LogP contribution in [0.2, 0.25) is 0 Å². The zero-order valence-electron chi connectivity index (χ0n) is 11.5. The number of hydrogen-bond donors (Lipinski definition) is 2. The Hall–Kier alpha value is -1.68. The lowest BCUT2D eigenvalue weighted by Gasteiger charge is -2.26. The summed E-state index contributed by atoms with van der Waals surface area (Å²) in [6.07, 6.45) is 3.38. The molecule has 4 heteroatoms. The molecule has 0 aliphatic heterocycles. The molecule has 0 radical (unpaired) electrons. The zero-order chi connectivity index (χ0) is 14.4. The maximum Gasteiger partial charge on any atom is 0.220 e. The molecule has 2 rings (SSSR count). The predicted molar refractivity (Wildman–Crippen MR) is 76.4 cm³/mol. The molecule has 20 heavy (non-hydrogen) atoms. The highest BCUT2D eigenvalue weighted by atomic mass is 16.3. The van der Waals surface area contributed by atoms with E-state index in [1.165, 1.54) is 0 Å². The van der Waals surface area contributed by atoms with Crippen LogP contribution in [-0.2, 0) is 4.79 Å². The highest BCUT2D eigenvalue weighted by Gasteiger charge is 2.20. The number of amides is 1. The molecule has 1 saturated carbocycles. The lowest BCUT2D eigenvalue weighted by Crippen LogP contribution is -2.38. The maximum absolute atomic E-state index is 11.9. The minimum atomic E-state index is -0.220. The molecular formula is C16H21NO3. The van der Waals surface area contributed by atoms with E-state index in [1.54, 1.807) is 12.1 Å². The lowest BCUT2D eigenvalue weighted by molar-refractivity contribution is -0.122. The van der Waals surface area contributed by atoms with Crippen molar-refractivity contribution in [2.45, 2.75) is 50.7 Å². The molecule has 0 bridgehead atoms. The van der Waals surface area contributed by atoms with Crippen LogP contribution >= 0.6 is 0 Å². The molecule has 0 unspecified atom stereocenters. The van der Waals surface area contributed by atoms with Crippen LogP contribution in [0.5, 0.6) is 0 Å². The van der Waals surface area contributed by atoms with Crippen LogP contribution in [0.4, 0.5) is 0 Å². The Morgan fingerprint density at radius 1 is 1.05 bits per heavy atom. The van der Waals surface area contributed by atoms with Crippen LogP contribution in [0, 0.1) is 0 Å². The third kappa shape index (κ3) is 4.46. The Labute approximate surface area is 119 Å². The van der Waals surface area contributed by atoms with E-state index in [-0.39, 0.29) is 36.7 Å². The van der Waals surface area contributed by atoms with Gasteiger partial charge in [0.15, 0.2) is 5.78 Å². The smallest absolute Gasteiger partial charge is 0.220 e. The first-order valence-corrected chi connectivity index (χ1v) is 7.21. The van der Waals surface area contributed by atoms with Crippen molar-refractivity contribution < 1.29 is 14.7 Å². The van der Waals surface area contributed by atoms with E-state index in [0.717, 1.165) is 25.7 Å². The molecule has 1 fully saturated rings. The van der Waals surface area contributed by atoms with Gasteiger partial charge in [-0.3, -0.25) is 9.59 Å². The fourth-order valence-electron chi connectivity index (χ4n) is 2.52. The van der Waals surface area contributed by atoms with Crippen molar-refractivity contribution in [2.24, 2.45) is 0 Å². The summed E-state index contributed by atoms with van der Waals surface area (Å²) in [7, 11) is 0. The number of aliphatic hydroxyl groups excluding tert-OH is 1. The van der Waals surface area contributed by atoms with Crippen molar-refractivity contribution in [3.8, 4) is 0 Å². The third-order valence-corrected chi connectivity index (χ3v) is 3.74. The van der Waals surface area contributed by atoms with Crippen LogP contribution in [-0.4, -0.2) is 28.9 Å². The van der Waals surface area contributed by atoms with Crippen LogP contribution in [0.15, 0.2) is 30.3 Å². The number of carbonyl (C=O) groups excluding carboxylic acids is 2. The average molecular weight is 275 g/mol. The molecule has 1 aromatic carbocycles. The second-order valence-electron chi connectivity index (χ2n) is 5.36. The summed E-state index contributed by atoms with van der Waals surface area (Å²) in [5.41, 5.74) is 0.654. The Morgan fingerprint density at radius 3 is 2.35 bits per heavy atom. The van der Waals surface area contributed by atoms with Gasteiger partial charge in [0.05, 0.1) is 6.10 Å². The Balaban J connectivity index is 1.71. The van der Waals surface area contributed by atoms with Gasteiger partial charge in [0.2, 0.25) is 5.91 Å². The summed E-state index contributed by atoms with van der Waals surface area (Å²) in [4.78, 5) is 23.7. The molecular weight excluding hydrogens is 254 g/mol. The van der Waals surface area contributed by atoms with E-state index < -0.39 is 0 Å². The second-order valence-corrected chi connectivity index (χ2v) is 5.36. The molecule has 1 aliphatic rings. The summed E-state index contributed by atoms with van der Waals surface area (Å²) < 4.78 is 0. The largest absolute Gasteiger partial charge is 0.393 e. The van der Waals surface area contributed by atoms with Gasteiger partial charge in [-0.25, -0.2) is 0 Å². The van der Waals surface area contributed by atoms with Crippen molar-refractivity contribution in [3.63, 3.8) is 0 Å². The summed E-state index contributed by atoms with van der Waals surface area (Å²) in [5, 5.41) is 12.3. The summed E-state index contributed by atoms with van der Waals surface area (Å²) >= 11 is 0. The van der Waals surface area contributed by atoms with E-state index in [2.05, 4.69) is 5.32 Å². The molecule has 0 spiro atoms. The highest BCUT2D eigenvalue weighted by Crippen LogP contribution is 2.18. The molecule has 4 nitrogen and oxygen atoms in total. The molecule has 108 valence electrons. The standard InChI is InChI=1S/C16H21NO3/c18-14-8-6-13(7-9-14)17-16(20)11-10-15(19)12-4-2-1-3-5-12/h1-5,13-14,18H,6-11H2,(H,17,20). The Bertz CT molecular complexity index is 450. The molecule has 1 aromatic rings. The van der Waals surface area contributed by atoms with Gasteiger partial charge in [-0.15, -0.1) is 0 Å². The number of carbonyl (C=O) groups is 2. The highest BCUT2D eigenvalue weighted by molar-refractivity contribution is 5.97. The van der Waals surface area contributed by atoms with Gasteiger partial charge in [0.1, 0.15) is 0 Å². The molecule has 1 aliphatic carbocycles. The predicted octanol–water partition coefficient (Wildman–Crippen LogP) is 2.07. The minimum Gasteiger partial charge on any atom is -0.393 e. The molecule has 0 aromatic heterocycles. The number of benzene rings is 1.